The molecule has 0 radical (unpaired) electrons. The molecule has 72 valence electrons. The molecular weight excluding hydrogens is 218 g/mol. The zero-order valence-electron chi connectivity index (χ0n) is 7.27. The Bertz CT molecular complexity index is 402. The maximum atomic E-state index is 5.68. The Balaban J connectivity index is 2.17. The van der Waals surface area contributed by atoms with E-state index in [4.69, 9.17) is 11.6 Å². The lowest BCUT2D eigenvalue weighted by Crippen LogP contribution is -1.94. The summed E-state index contributed by atoms with van der Waals surface area (Å²) >= 11 is 7.21. The first kappa shape index (κ1) is 9.43. The van der Waals surface area contributed by atoms with Crippen LogP contribution in [0, 0.1) is 0 Å². The minimum Gasteiger partial charge on any atom is -0.316 e. The van der Waals surface area contributed by atoms with Gasteiger partial charge in [0.05, 0.1) is 11.6 Å². The van der Waals surface area contributed by atoms with Gasteiger partial charge >= 0.3 is 0 Å². The molecule has 0 fully saturated rings. The first-order chi connectivity index (χ1) is 6.88. The standard InChI is InChI=1S/C9H8ClN3S/c10-6-7-2-1-3-8(12-7)13-9-11-4-5-14-9/h1-5H,6H2,(H,11,12,13). The highest BCUT2D eigenvalue weighted by Gasteiger charge is 1.98. The molecule has 0 aliphatic heterocycles. The van der Waals surface area contributed by atoms with Crippen LogP contribution >= 0.6 is 22.9 Å². The summed E-state index contributed by atoms with van der Waals surface area (Å²) in [4.78, 5) is 8.39. The van der Waals surface area contributed by atoms with E-state index < -0.39 is 0 Å². The van der Waals surface area contributed by atoms with Crippen molar-refractivity contribution in [3.8, 4) is 0 Å². The fraction of sp³-hybridized carbons (Fsp3) is 0.111. The molecule has 1 N–H and O–H groups in total. The Labute approximate surface area is 90.8 Å². The first-order valence-corrected chi connectivity index (χ1v) is 5.48. The number of halogens is 1. The molecule has 0 unspecified atom stereocenters. The van der Waals surface area contributed by atoms with Gasteiger partial charge in [-0.3, -0.25) is 0 Å². The van der Waals surface area contributed by atoms with Crippen molar-refractivity contribution in [2.75, 3.05) is 5.32 Å². The highest BCUT2D eigenvalue weighted by Crippen LogP contribution is 2.17. The molecule has 0 spiro atoms. The number of aromatic nitrogens is 2. The molecule has 0 aliphatic rings. The molecule has 0 bridgehead atoms. The zero-order chi connectivity index (χ0) is 9.80. The van der Waals surface area contributed by atoms with E-state index in [2.05, 4.69) is 15.3 Å². The summed E-state index contributed by atoms with van der Waals surface area (Å²) in [6.45, 7) is 0. The predicted octanol–water partition coefficient (Wildman–Crippen LogP) is 3.02. The second kappa shape index (κ2) is 4.39. The third-order valence-corrected chi connectivity index (χ3v) is 2.57. The number of rotatable bonds is 3. The number of hydrogen-bond donors (Lipinski definition) is 1. The fourth-order valence-electron chi connectivity index (χ4n) is 1.02. The molecule has 2 aromatic rings. The van der Waals surface area contributed by atoms with Crippen molar-refractivity contribution in [1.29, 1.82) is 0 Å². The quantitative estimate of drug-likeness (QED) is 0.816. The third-order valence-electron chi connectivity index (χ3n) is 1.61. The number of anilines is 2. The summed E-state index contributed by atoms with van der Waals surface area (Å²) in [6, 6.07) is 5.69. The summed E-state index contributed by atoms with van der Waals surface area (Å²) in [5, 5.41) is 5.84. The summed E-state index contributed by atoms with van der Waals surface area (Å²) < 4.78 is 0. The Kier molecular flexibility index (Phi) is 2.96. The Morgan fingerprint density at radius 1 is 1.43 bits per heavy atom. The summed E-state index contributed by atoms with van der Waals surface area (Å²) in [7, 11) is 0. The van der Waals surface area contributed by atoms with E-state index in [1.165, 1.54) is 11.3 Å². The van der Waals surface area contributed by atoms with Crippen LogP contribution in [0.15, 0.2) is 29.8 Å². The average Bonchev–Trinajstić information content (AvgIpc) is 2.71. The van der Waals surface area contributed by atoms with Crippen molar-refractivity contribution < 1.29 is 0 Å². The SMILES string of the molecule is ClCc1cccc(Nc2nccs2)n1. The van der Waals surface area contributed by atoms with Gasteiger partial charge in [-0.25, -0.2) is 9.97 Å². The lowest BCUT2D eigenvalue weighted by atomic mass is 10.4. The molecule has 0 saturated heterocycles. The summed E-state index contributed by atoms with van der Waals surface area (Å²) in [5.74, 6) is 1.20. The van der Waals surface area contributed by atoms with Gasteiger partial charge in [0, 0.05) is 11.6 Å². The van der Waals surface area contributed by atoms with Crippen LogP contribution in [0.1, 0.15) is 5.69 Å². The van der Waals surface area contributed by atoms with Crippen LogP contribution in [0.2, 0.25) is 0 Å². The van der Waals surface area contributed by atoms with Gasteiger partial charge in [0.2, 0.25) is 0 Å². The zero-order valence-corrected chi connectivity index (χ0v) is 8.85. The van der Waals surface area contributed by atoms with E-state index >= 15 is 0 Å². The average molecular weight is 226 g/mol. The van der Waals surface area contributed by atoms with Crippen molar-refractivity contribution in [2.24, 2.45) is 0 Å². The van der Waals surface area contributed by atoms with Crippen molar-refractivity contribution >= 4 is 33.9 Å². The number of nitrogens with zero attached hydrogens (tertiary/aromatic N) is 2. The van der Waals surface area contributed by atoms with Gasteiger partial charge < -0.3 is 5.32 Å². The highest BCUT2D eigenvalue weighted by atomic mass is 35.5. The van der Waals surface area contributed by atoms with Gasteiger partial charge in [-0.15, -0.1) is 22.9 Å². The van der Waals surface area contributed by atoms with Gasteiger partial charge in [-0.2, -0.15) is 0 Å². The van der Waals surface area contributed by atoms with Gasteiger partial charge in [0.25, 0.3) is 0 Å². The normalized spacial score (nSPS) is 10.1. The lowest BCUT2D eigenvalue weighted by Gasteiger charge is -2.02. The topological polar surface area (TPSA) is 37.8 Å². The summed E-state index contributed by atoms with van der Waals surface area (Å²) in [5.41, 5.74) is 0.855. The van der Waals surface area contributed by atoms with Crippen molar-refractivity contribution in [1.82, 2.24) is 9.97 Å². The van der Waals surface area contributed by atoms with Gasteiger partial charge in [0.1, 0.15) is 5.82 Å². The number of alkyl halides is 1. The molecule has 0 atom stereocenters. The second-order valence-corrected chi connectivity index (χ2v) is 3.77. The molecule has 2 aromatic heterocycles. The predicted molar refractivity (Wildman–Crippen MR) is 59.2 cm³/mol. The molecule has 0 amide bonds. The molecule has 5 heteroatoms. The van der Waals surface area contributed by atoms with Crippen LogP contribution < -0.4 is 5.32 Å². The van der Waals surface area contributed by atoms with E-state index in [0.717, 1.165) is 16.6 Å². The number of hydrogen-bond acceptors (Lipinski definition) is 4. The van der Waals surface area contributed by atoms with Crippen LogP contribution in [0.25, 0.3) is 0 Å². The van der Waals surface area contributed by atoms with Gasteiger partial charge in [-0.1, -0.05) is 6.07 Å². The Hall–Kier alpha value is -1.13. The minimum atomic E-state index is 0.424. The third kappa shape index (κ3) is 2.21. The number of nitrogens with one attached hydrogen (secondary N) is 1. The highest BCUT2D eigenvalue weighted by molar-refractivity contribution is 7.13. The molecule has 2 heterocycles. The van der Waals surface area contributed by atoms with Crippen LogP contribution in [0.4, 0.5) is 10.9 Å². The maximum absolute atomic E-state index is 5.68. The van der Waals surface area contributed by atoms with Gasteiger partial charge in [0.15, 0.2) is 5.13 Å². The largest absolute Gasteiger partial charge is 0.316 e. The Morgan fingerprint density at radius 3 is 3.07 bits per heavy atom. The van der Waals surface area contributed by atoms with Crippen molar-refractivity contribution in [3.05, 3.63) is 35.5 Å². The van der Waals surface area contributed by atoms with E-state index in [9.17, 15) is 0 Å². The van der Waals surface area contributed by atoms with E-state index in [0.29, 0.717) is 5.88 Å². The van der Waals surface area contributed by atoms with Crippen molar-refractivity contribution in [3.63, 3.8) is 0 Å². The molecule has 2 rings (SSSR count). The van der Waals surface area contributed by atoms with Crippen LogP contribution in [-0.2, 0) is 5.88 Å². The fourth-order valence-corrected chi connectivity index (χ4v) is 1.70. The molecular formula is C9H8ClN3S. The van der Waals surface area contributed by atoms with E-state index in [1.807, 2.05) is 23.6 Å². The van der Waals surface area contributed by atoms with E-state index in [-0.39, 0.29) is 0 Å². The molecule has 14 heavy (non-hydrogen) atoms. The Morgan fingerprint density at radius 2 is 2.36 bits per heavy atom. The number of thiazole rings is 1. The molecule has 0 aliphatic carbocycles. The maximum Gasteiger partial charge on any atom is 0.188 e. The minimum absolute atomic E-state index is 0.424. The van der Waals surface area contributed by atoms with Crippen LogP contribution in [0.3, 0.4) is 0 Å². The molecule has 3 nitrogen and oxygen atoms in total. The van der Waals surface area contributed by atoms with Crippen LogP contribution in [0.5, 0.6) is 0 Å². The molecule has 0 aromatic carbocycles. The second-order valence-electron chi connectivity index (χ2n) is 2.61. The van der Waals surface area contributed by atoms with E-state index in [1.54, 1.807) is 6.20 Å². The first-order valence-electron chi connectivity index (χ1n) is 4.07. The monoisotopic (exact) mass is 225 g/mol. The molecule has 0 saturated carbocycles. The smallest absolute Gasteiger partial charge is 0.188 e. The van der Waals surface area contributed by atoms with Crippen molar-refractivity contribution in [2.45, 2.75) is 5.88 Å². The lowest BCUT2D eigenvalue weighted by molar-refractivity contribution is 1.17. The summed E-state index contributed by atoms with van der Waals surface area (Å²) in [6.07, 6.45) is 1.75. The van der Waals surface area contributed by atoms with Crippen LogP contribution in [-0.4, -0.2) is 9.97 Å². The van der Waals surface area contributed by atoms with Gasteiger partial charge in [-0.05, 0) is 12.1 Å². The number of pyridine rings is 1.